The third-order valence-corrected chi connectivity index (χ3v) is 2.50. The van der Waals surface area contributed by atoms with E-state index in [1.54, 1.807) is 6.07 Å². The molecule has 0 spiro atoms. The SMILES string of the molecule is CCOCCCOc1ccc(CN)c(Cl)c1. The van der Waals surface area contributed by atoms with Crippen molar-refractivity contribution >= 4 is 11.6 Å². The summed E-state index contributed by atoms with van der Waals surface area (Å²) in [4.78, 5) is 0. The topological polar surface area (TPSA) is 44.5 Å². The lowest BCUT2D eigenvalue weighted by Crippen LogP contribution is -2.03. The highest BCUT2D eigenvalue weighted by atomic mass is 35.5. The number of rotatable bonds is 7. The van der Waals surface area contributed by atoms with Crippen molar-refractivity contribution in [2.24, 2.45) is 5.73 Å². The van der Waals surface area contributed by atoms with E-state index >= 15 is 0 Å². The first-order chi connectivity index (χ1) is 7.77. The van der Waals surface area contributed by atoms with Crippen molar-refractivity contribution in [3.8, 4) is 5.75 Å². The number of hydrogen-bond donors (Lipinski definition) is 1. The molecule has 90 valence electrons. The third-order valence-electron chi connectivity index (χ3n) is 2.15. The Morgan fingerprint density at radius 2 is 2.12 bits per heavy atom. The molecule has 0 fully saturated rings. The van der Waals surface area contributed by atoms with Gasteiger partial charge in [-0.2, -0.15) is 0 Å². The molecule has 2 N–H and O–H groups in total. The second-order valence-corrected chi connectivity index (χ2v) is 3.76. The van der Waals surface area contributed by atoms with Gasteiger partial charge in [-0.15, -0.1) is 0 Å². The highest BCUT2D eigenvalue weighted by Gasteiger charge is 2.00. The van der Waals surface area contributed by atoms with Crippen molar-refractivity contribution in [1.29, 1.82) is 0 Å². The highest BCUT2D eigenvalue weighted by molar-refractivity contribution is 6.31. The van der Waals surface area contributed by atoms with Crippen LogP contribution in [0.5, 0.6) is 5.75 Å². The van der Waals surface area contributed by atoms with Crippen molar-refractivity contribution in [2.75, 3.05) is 19.8 Å². The molecule has 0 amide bonds. The van der Waals surface area contributed by atoms with Crippen LogP contribution in [0.2, 0.25) is 5.02 Å². The van der Waals surface area contributed by atoms with Crippen molar-refractivity contribution < 1.29 is 9.47 Å². The van der Waals surface area contributed by atoms with Gasteiger partial charge in [0.05, 0.1) is 6.61 Å². The van der Waals surface area contributed by atoms with Gasteiger partial charge in [0.25, 0.3) is 0 Å². The van der Waals surface area contributed by atoms with E-state index in [1.165, 1.54) is 0 Å². The van der Waals surface area contributed by atoms with E-state index in [2.05, 4.69) is 0 Å². The van der Waals surface area contributed by atoms with Crippen LogP contribution in [0.3, 0.4) is 0 Å². The number of ether oxygens (including phenoxy) is 2. The lowest BCUT2D eigenvalue weighted by atomic mass is 10.2. The fraction of sp³-hybridized carbons (Fsp3) is 0.500. The van der Waals surface area contributed by atoms with Gasteiger partial charge in [-0.3, -0.25) is 0 Å². The molecule has 0 heterocycles. The molecule has 0 unspecified atom stereocenters. The number of benzene rings is 1. The zero-order valence-electron chi connectivity index (χ0n) is 9.54. The van der Waals surface area contributed by atoms with Crippen LogP contribution in [-0.4, -0.2) is 19.8 Å². The Kier molecular flexibility index (Phi) is 6.23. The van der Waals surface area contributed by atoms with Crippen molar-refractivity contribution in [3.63, 3.8) is 0 Å². The zero-order valence-corrected chi connectivity index (χ0v) is 10.3. The lowest BCUT2D eigenvalue weighted by Gasteiger charge is -2.08. The van der Waals surface area contributed by atoms with E-state index in [4.69, 9.17) is 26.8 Å². The second-order valence-electron chi connectivity index (χ2n) is 3.36. The van der Waals surface area contributed by atoms with Crippen LogP contribution in [0.1, 0.15) is 18.9 Å². The summed E-state index contributed by atoms with van der Waals surface area (Å²) in [5.74, 6) is 0.777. The summed E-state index contributed by atoms with van der Waals surface area (Å²) < 4.78 is 10.7. The summed E-state index contributed by atoms with van der Waals surface area (Å²) >= 11 is 6.01. The van der Waals surface area contributed by atoms with Crippen LogP contribution in [0.25, 0.3) is 0 Å². The zero-order chi connectivity index (χ0) is 11.8. The van der Waals surface area contributed by atoms with Crippen LogP contribution >= 0.6 is 11.6 Å². The highest BCUT2D eigenvalue weighted by Crippen LogP contribution is 2.22. The van der Waals surface area contributed by atoms with Crippen molar-refractivity contribution in [1.82, 2.24) is 0 Å². The molecule has 0 radical (unpaired) electrons. The summed E-state index contributed by atoms with van der Waals surface area (Å²) in [5, 5.41) is 0.657. The van der Waals surface area contributed by atoms with E-state index in [0.717, 1.165) is 30.9 Å². The van der Waals surface area contributed by atoms with Gasteiger partial charge in [0, 0.05) is 31.2 Å². The van der Waals surface area contributed by atoms with Gasteiger partial charge in [0.15, 0.2) is 0 Å². The maximum atomic E-state index is 6.01. The molecule has 0 aliphatic carbocycles. The summed E-state index contributed by atoms with van der Waals surface area (Å²) in [6.45, 7) is 4.54. The lowest BCUT2D eigenvalue weighted by molar-refractivity contribution is 0.131. The first-order valence-corrected chi connectivity index (χ1v) is 5.84. The van der Waals surface area contributed by atoms with Gasteiger partial charge >= 0.3 is 0 Å². The average Bonchev–Trinajstić information content (AvgIpc) is 2.29. The van der Waals surface area contributed by atoms with Gasteiger partial charge in [-0.05, 0) is 24.6 Å². The molecule has 16 heavy (non-hydrogen) atoms. The molecule has 0 saturated heterocycles. The maximum Gasteiger partial charge on any atom is 0.120 e. The molecular weight excluding hydrogens is 226 g/mol. The van der Waals surface area contributed by atoms with Crippen LogP contribution in [0.4, 0.5) is 0 Å². The molecule has 0 aliphatic heterocycles. The first kappa shape index (κ1) is 13.3. The second kappa shape index (κ2) is 7.49. The standard InChI is InChI=1S/C12H18ClNO2/c1-2-15-6-3-7-16-11-5-4-10(9-14)12(13)8-11/h4-5,8H,2-3,6-7,9,14H2,1H3. The molecule has 0 saturated carbocycles. The molecule has 1 aromatic carbocycles. The average molecular weight is 244 g/mol. The molecule has 4 heteroatoms. The quantitative estimate of drug-likeness (QED) is 0.749. The smallest absolute Gasteiger partial charge is 0.120 e. The van der Waals surface area contributed by atoms with E-state index < -0.39 is 0 Å². The van der Waals surface area contributed by atoms with Gasteiger partial charge in [0.2, 0.25) is 0 Å². The minimum atomic E-state index is 0.448. The Morgan fingerprint density at radius 3 is 2.75 bits per heavy atom. The van der Waals surface area contributed by atoms with E-state index in [9.17, 15) is 0 Å². The normalized spacial score (nSPS) is 10.4. The predicted molar refractivity (Wildman–Crippen MR) is 65.9 cm³/mol. The van der Waals surface area contributed by atoms with Crippen LogP contribution < -0.4 is 10.5 Å². The minimum absolute atomic E-state index is 0.448. The first-order valence-electron chi connectivity index (χ1n) is 5.47. The monoisotopic (exact) mass is 243 g/mol. The van der Waals surface area contributed by atoms with Gasteiger partial charge in [-0.25, -0.2) is 0 Å². The fourth-order valence-electron chi connectivity index (χ4n) is 1.28. The maximum absolute atomic E-state index is 6.01. The molecule has 0 aliphatic rings. The van der Waals surface area contributed by atoms with Gasteiger partial charge in [0.1, 0.15) is 5.75 Å². The van der Waals surface area contributed by atoms with Crippen molar-refractivity contribution in [3.05, 3.63) is 28.8 Å². The fourth-order valence-corrected chi connectivity index (χ4v) is 1.53. The summed E-state index contributed by atoms with van der Waals surface area (Å²) in [6.07, 6.45) is 0.879. The van der Waals surface area contributed by atoms with E-state index in [0.29, 0.717) is 18.2 Å². The predicted octanol–water partition coefficient (Wildman–Crippen LogP) is 2.60. The largest absolute Gasteiger partial charge is 0.493 e. The Labute approximate surface area is 101 Å². The van der Waals surface area contributed by atoms with E-state index in [1.807, 2.05) is 19.1 Å². The summed E-state index contributed by atoms with van der Waals surface area (Å²) in [6, 6.07) is 5.57. The molecule has 0 atom stereocenters. The van der Waals surface area contributed by atoms with Crippen LogP contribution in [-0.2, 0) is 11.3 Å². The van der Waals surface area contributed by atoms with Crippen LogP contribution in [0, 0.1) is 0 Å². The molecule has 3 nitrogen and oxygen atoms in total. The van der Waals surface area contributed by atoms with Crippen molar-refractivity contribution in [2.45, 2.75) is 19.9 Å². The van der Waals surface area contributed by atoms with Gasteiger partial charge < -0.3 is 15.2 Å². The Bertz CT molecular complexity index is 318. The number of nitrogens with two attached hydrogens (primary N) is 1. The van der Waals surface area contributed by atoms with E-state index in [-0.39, 0.29) is 0 Å². The molecular formula is C12H18ClNO2. The summed E-state index contributed by atoms with van der Waals surface area (Å²) in [7, 11) is 0. The molecule has 1 rings (SSSR count). The van der Waals surface area contributed by atoms with Gasteiger partial charge in [-0.1, -0.05) is 17.7 Å². The Hall–Kier alpha value is -0.770. The molecule has 0 aromatic heterocycles. The summed E-state index contributed by atoms with van der Waals surface area (Å²) in [5.41, 5.74) is 6.45. The third kappa shape index (κ3) is 4.39. The Balaban J connectivity index is 2.34. The molecule has 0 bridgehead atoms. The number of hydrogen-bond acceptors (Lipinski definition) is 3. The minimum Gasteiger partial charge on any atom is -0.493 e. The van der Waals surface area contributed by atoms with Crippen LogP contribution in [0.15, 0.2) is 18.2 Å². The number of halogens is 1. The Morgan fingerprint density at radius 1 is 1.31 bits per heavy atom. The molecule has 1 aromatic rings.